The van der Waals surface area contributed by atoms with E-state index in [9.17, 15) is 4.79 Å². The van der Waals surface area contributed by atoms with Crippen molar-refractivity contribution in [3.05, 3.63) is 28.5 Å². The molecule has 6 nitrogen and oxygen atoms in total. The number of hydrogen-bond donors (Lipinski definition) is 0. The molecule has 0 aliphatic carbocycles. The van der Waals surface area contributed by atoms with Crippen molar-refractivity contribution in [1.29, 1.82) is 0 Å². The zero-order valence-electron chi connectivity index (χ0n) is 12.3. The van der Waals surface area contributed by atoms with Gasteiger partial charge in [-0.2, -0.15) is 5.10 Å². The number of carbonyl (C=O) groups excluding carboxylic acids is 1. The molecule has 1 atom stereocenters. The normalized spacial score (nSPS) is 19.0. The van der Waals surface area contributed by atoms with Gasteiger partial charge in [0.25, 0.3) is 5.91 Å². The first-order chi connectivity index (χ1) is 10.2. The topological polar surface area (TPSA) is 63.9 Å². The lowest BCUT2D eigenvalue weighted by Gasteiger charge is -2.32. The second kappa shape index (κ2) is 5.93. The summed E-state index contributed by atoms with van der Waals surface area (Å²) in [7, 11) is 0. The fourth-order valence-corrected chi connectivity index (χ4v) is 3.45. The SMILES string of the molecule is CCc1nnsc1C(=O)N1CCC[C@H](n2cc(C)cn2)C1. The van der Waals surface area contributed by atoms with Gasteiger partial charge in [-0.3, -0.25) is 9.48 Å². The Bertz CT molecular complexity index is 635. The predicted molar refractivity (Wildman–Crippen MR) is 80.4 cm³/mol. The van der Waals surface area contributed by atoms with Gasteiger partial charge in [0.1, 0.15) is 4.88 Å². The van der Waals surface area contributed by atoms with Crippen molar-refractivity contribution in [2.24, 2.45) is 0 Å². The molecule has 0 unspecified atom stereocenters. The second-order valence-corrected chi connectivity index (χ2v) is 6.20. The number of hydrogen-bond acceptors (Lipinski definition) is 5. The Morgan fingerprint density at radius 3 is 3.10 bits per heavy atom. The lowest BCUT2D eigenvalue weighted by molar-refractivity contribution is 0.0676. The molecule has 2 aromatic heterocycles. The summed E-state index contributed by atoms with van der Waals surface area (Å²) in [5.41, 5.74) is 1.96. The van der Waals surface area contributed by atoms with Gasteiger partial charge in [0.15, 0.2) is 0 Å². The van der Waals surface area contributed by atoms with Gasteiger partial charge in [0, 0.05) is 19.3 Å². The van der Waals surface area contributed by atoms with Crippen LogP contribution in [0.3, 0.4) is 0 Å². The summed E-state index contributed by atoms with van der Waals surface area (Å²) >= 11 is 1.20. The number of rotatable bonds is 3. The third-order valence-electron chi connectivity index (χ3n) is 3.87. The molecule has 1 aliphatic rings. The highest BCUT2D eigenvalue weighted by Gasteiger charge is 2.28. The van der Waals surface area contributed by atoms with Gasteiger partial charge in [0.05, 0.1) is 17.9 Å². The Morgan fingerprint density at radius 2 is 2.38 bits per heavy atom. The molecule has 1 amide bonds. The van der Waals surface area contributed by atoms with Crippen LogP contribution in [0.25, 0.3) is 0 Å². The van der Waals surface area contributed by atoms with Gasteiger partial charge in [0.2, 0.25) is 0 Å². The van der Waals surface area contributed by atoms with Crippen LogP contribution in [0.2, 0.25) is 0 Å². The maximum atomic E-state index is 12.6. The van der Waals surface area contributed by atoms with E-state index in [0.29, 0.717) is 11.4 Å². The largest absolute Gasteiger partial charge is 0.336 e. The molecule has 21 heavy (non-hydrogen) atoms. The molecule has 0 radical (unpaired) electrons. The number of piperidine rings is 1. The molecule has 1 fully saturated rings. The molecule has 0 saturated carbocycles. The van der Waals surface area contributed by atoms with Crippen molar-refractivity contribution in [3.8, 4) is 0 Å². The molecule has 3 rings (SSSR count). The van der Waals surface area contributed by atoms with Gasteiger partial charge in [-0.15, -0.1) is 5.10 Å². The number of amides is 1. The lowest BCUT2D eigenvalue weighted by Crippen LogP contribution is -2.40. The van der Waals surface area contributed by atoms with E-state index in [2.05, 4.69) is 14.7 Å². The van der Waals surface area contributed by atoms with Crippen molar-refractivity contribution in [3.63, 3.8) is 0 Å². The van der Waals surface area contributed by atoms with Crippen LogP contribution in [0.5, 0.6) is 0 Å². The van der Waals surface area contributed by atoms with Crippen molar-refractivity contribution in [2.75, 3.05) is 13.1 Å². The Morgan fingerprint density at radius 1 is 1.52 bits per heavy atom. The number of likely N-dealkylation sites (tertiary alicyclic amines) is 1. The standard InChI is InChI=1S/C14H19N5OS/c1-3-12-13(21-17-16-12)14(20)18-6-4-5-11(9-18)19-8-10(2)7-15-19/h7-8,11H,3-6,9H2,1-2H3/t11-/m0/s1. The van der Waals surface area contributed by atoms with Crippen molar-refractivity contribution in [2.45, 2.75) is 39.2 Å². The molecule has 112 valence electrons. The molecule has 3 heterocycles. The minimum absolute atomic E-state index is 0.0652. The lowest BCUT2D eigenvalue weighted by atomic mass is 10.1. The fraction of sp³-hybridized carbons (Fsp3) is 0.571. The summed E-state index contributed by atoms with van der Waals surface area (Å²) in [5.74, 6) is 0.0652. The molecular formula is C14H19N5OS. The number of nitrogens with zero attached hydrogens (tertiary/aromatic N) is 5. The third-order valence-corrected chi connectivity index (χ3v) is 4.63. The quantitative estimate of drug-likeness (QED) is 0.871. The first-order valence-corrected chi connectivity index (χ1v) is 8.07. The third kappa shape index (κ3) is 2.83. The summed E-state index contributed by atoms with van der Waals surface area (Å²) in [6.07, 6.45) is 6.72. The summed E-state index contributed by atoms with van der Waals surface area (Å²) in [6, 6.07) is 0.266. The smallest absolute Gasteiger partial charge is 0.267 e. The molecule has 0 spiro atoms. The maximum absolute atomic E-state index is 12.6. The van der Waals surface area contributed by atoms with E-state index in [1.54, 1.807) is 0 Å². The zero-order chi connectivity index (χ0) is 14.8. The van der Waals surface area contributed by atoms with Crippen LogP contribution >= 0.6 is 11.5 Å². The Labute approximate surface area is 127 Å². The van der Waals surface area contributed by atoms with Gasteiger partial charge >= 0.3 is 0 Å². The van der Waals surface area contributed by atoms with E-state index < -0.39 is 0 Å². The zero-order valence-corrected chi connectivity index (χ0v) is 13.1. The number of carbonyl (C=O) groups is 1. The maximum Gasteiger partial charge on any atom is 0.267 e. The monoisotopic (exact) mass is 305 g/mol. The van der Waals surface area contributed by atoms with Crippen LogP contribution in [0.15, 0.2) is 12.4 Å². The van der Waals surface area contributed by atoms with Crippen LogP contribution < -0.4 is 0 Å². The Balaban J connectivity index is 1.75. The average molecular weight is 305 g/mol. The summed E-state index contributed by atoms with van der Waals surface area (Å²) in [5, 5.41) is 8.42. The van der Waals surface area contributed by atoms with Gasteiger partial charge in [-0.25, -0.2) is 0 Å². The molecule has 0 N–H and O–H groups in total. The second-order valence-electron chi connectivity index (χ2n) is 5.45. The Hall–Kier alpha value is -1.76. The van der Waals surface area contributed by atoms with Crippen LogP contribution in [0.1, 0.15) is 46.7 Å². The first kappa shape index (κ1) is 14.2. The van der Waals surface area contributed by atoms with Crippen LogP contribution in [0.4, 0.5) is 0 Å². The van der Waals surface area contributed by atoms with E-state index in [-0.39, 0.29) is 11.9 Å². The molecule has 7 heteroatoms. The van der Waals surface area contributed by atoms with Crippen molar-refractivity contribution in [1.82, 2.24) is 24.3 Å². The Kier molecular flexibility index (Phi) is 4.01. The summed E-state index contributed by atoms with van der Waals surface area (Å²) in [6.45, 7) is 5.54. The summed E-state index contributed by atoms with van der Waals surface area (Å²) in [4.78, 5) is 15.3. The molecule has 0 aromatic carbocycles. The molecular weight excluding hydrogens is 286 g/mol. The van der Waals surface area contributed by atoms with E-state index in [1.807, 2.05) is 35.8 Å². The number of aryl methyl sites for hydroxylation is 2. The molecule has 1 aliphatic heterocycles. The van der Waals surface area contributed by atoms with Crippen molar-refractivity contribution >= 4 is 17.4 Å². The highest BCUT2D eigenvalue weighted by atomic mass is 32.1. The number of aromatic nitrogens is 4. The van der Waals surface area contributed by atoms with E-state index in [4.69, 9.17) is 0 Å². The molecule has 0 bridgehead atoms. The van der Waals surface area contributed by atoms with E-state index in [1.165, 1.54) is 11.5 Å². The fourth-order valence-electron chi connectivity index (χ4n) is 2.73. The van der Waals surface area contributed by atoms with E-state index in [0.717, 1.165) is 37.1 Å². The minimum Gasteiger partial charge on any atom is -0.336 e. The highest BCUT2D eigenvalue weighted by Crippen LogP contribution is 2.24. The molecule has 1 saturated heterocycles. The van der Waals surface area contributed by atoms with Gasteiger partial charge < -0.3 is 4.90 Å². The highest BCUT2D eigenvalue weighted by molar-refractivity contribution is 7.08. The predicted octanol–water partition coefficient (Wildman–Crippen LogP) is 2.08. The summed E-state index contributed by atoms with van der Waals surface area (Å²) < 4.78 is 5.90. The van der Waals surface area contributed by atoms with Crippen LogP contribution in [-0.2, 0) is 6.42 Å². The van der Waals surface area contributed by atoms with Crippen LogP contribution in [-0.4, -0.2) is 43.3 Å². The van der Waals surface area contributed by atoms with Crippen molar-refractivity contribution < 1.29 is 4.79 Å². The van der Waals surface area contributed by atoms with Crippen LogP contribution in [0, 0.1) is 6.92 Å². The molecule has 2 aromatic rings. The first-order valence-electron chi connectivity index (χ1n) is 7.30. The average Bonchev–Trinajstić information content (AvgIpc) is 3.15. The van der Waals surface area contributed by atoms with Gasteiger partial charge in [-0.1, -0.05) is 11.4 Å². The minimum atomic E-state index is 0.0652. The van der Waals surface area contributed by atoms with Gasteiger partial charge in [-0.05, 0) is 43.3 Å². The van der Waals surface area contributed by atoms with E-state index >= 15 is 0 Å².